The molecule has 1 aromatic carbocycles. The minimum Gasteiger partial charge on any atom is -0.395 e. The first kappa shape index (κ1) is 8.70. The Kier molecular flexibility index (Phi) is 2.12. The van der Waals surface area contributed by atoms with Crippen LogP contribution in [0.2, 0.25) is 0 Å². The van der Waals surface area contributed by atoms with Crippen LogP contribution in [0.4, 0.5) is 24.5 Å². The van der Waals surface area contributed by atoms with Gasteiger partial charge >= 0.3 is 0 Å². The van der Waals surface area contributed by atoms with Crippen molar-refractivity contribution in [2.75, 3.05) is 18.1 Å². The van der Waals surface area contributed by atoms with Crippen LogP contribution in [-0.2, 0) is 0 Å². The van der Waals surface area contributed by atoms with E-state index in [1.165, 1.54) is 7.05 Å². The molecule has 0 spiro atoms. The van der Waals surface area contributed by atoms with E-state index >= 15 is 0 Å². The fraction of sp³-hybridized carbons (Fsp3) is 0.143. The normalized spacial score (nSPS) is 10.0. The van der Waals surface area contributed by atoms with E-state index in [-0.39, 0.29) is 5.69 Å². The summed E-state index contributed by atoms with van der Waals surface area (Å²) in [5.74, 6) is -3.40. The minimum absolute atomic E-state index is 0.354. The van der Waals surface area contributed by atoms with Gasteiger partial charge in [0.1, 0.15) is 0 Å². The van der Waals surface area contributed by atoms with Crippen LogP contribution in [-0.4, -0.2) is 7.05 Å². The van der Waals surface area contributed by atoms with Crippen LogP contribution in [0.1, 0.15) is 0 Å². The SMILES string of the molecule is CNc1c(N)c(F)cc(F)c1F. The lowest BCUT2D eigenvalue weighted by molar-refractivity contribution is 0.499. The van der Waals surface area contributed by atoms with Crippen molar-refractivity contribution in [3.63, 3.8) is 0 Å². The number of nitrogens with one attached hydrogen (secondary N) is 1. The van der Waals surface area contributed by atoms with E-state index in [4.69, 9.17) is 5.73 Å². The van der Waals surface area contributed by atoms with Crippen molar-refractivity contribution in [3.8, 4) is 0 Å². The molecular formula is C7H7F3N2. The van der Waals surface area contributed by atoms with Crippen molar-refractivity contribution >= 4 is 11.4 Å². The van der Waals surface area contributed by atoms with Gasteiger partial charge < -0.3 is 11.1 Å². The average Bonchev–Trinajstić information content (AvgIpc) is 2.02. The average molecular weight is 176 g/mol. The molecule has 0 bridgehead atoms. The Morgan fingerprint density at radius 2 is 1.83 bits per heavy atom. The molecule has 0 aliphatic rings. The Labute approximate surface area is 67.2 Å². The quantitative estimate of drug-likeness (QED) is 0.505. The zero-order valence-corrected chi connectivity index (χ0v) is 6.29. The number of nitrogens with two attached hydrogens (primary N) is 1. The highest BCUT2D eigenvalue weighted by Crippen LogP contribution is 2.26. The number of halogens is 3. The zero-order valence-electron chi connectivity index (χ0n) is 6.29. The smallest absolute Gasteiger partial charge is 0.184 e. The van der Waals surface area contributed by atoms with Gasteiger partial charge in [-0.2, -0.15) is 0 Å². The highest BCUT2D eigenvalue weighted by atomic mass is 19.2. The van der Waals surface area contributed by atoms with Gasteiger partial charge in [-0.15, -0.1) is 0 Å². The van der Waals surface area contributed by atoms with E-state index in [0.29, 0.717) is 6.07 Å². The molecule has 0 aliphatic carbocycles. The molecule has 2 nitrogen and oxygen atoms in total. The van der Waals surface area contributed by atoms with Gasteiger partial charge in [0.15, 0.2) is 17.5 Å². The summed E-state index contributed by atoms with van der Waals surface area (Å²) in [5.41, 5.74) is 4.34. The topological polar surface area (TPSA) is 38.0 Å². The van der Waals surface area contributed by atoms with E-state index in [1.54, 1.807) is 0 Å². The fourth-order valence-electron chi connectivity index (χ4n) is 0.854. The number of nitrogen functional groups attached to an aromatic ring is 1. The van der Waals surface area contributed by atoms with Gasteiger partial charge in [0, 0.05) is 13.1 Å². The molecule has 0 aliphatic heterocycles. The van der Waals surface area contributed by atoms with E-state index in [0.717, 1.165) is 0 Å². The van der Waals surface area contributed by atoms with Gasteiger partial charge in [0.25, 0.3) is 0 Å². The van der Waals surface area contributed by atoms with E-state index in [2.05, 4.69) is 5.32 Å². The molecule has 5 heteroatoms. The molecule has 0 saturated carbocycles. The highest BCUT2D eigenvalue weighted by molar-refractivity contribution is 5.67. The molecule has 3 N–H and O–H groups in total. The van der Waals surface area contributed by atoms with Crippen molar-refractivity contribution in [2.24, 2.45) is 0 Å². The lowest BCUT2D eigenvalue weighted by Crippen LogP contribution is -2.03. The highest BCUT2D eigenvalue weighted by Gasteiger charge is 2.14. The largest absolute Gasteiger partial charge is 0.395 e. The third kappa shape index (κ3) is 1.17. The molecule has 0 aromatic heterocycles. The zero-order chi connectivity index (χ0) is 9.30. The second-order valence-corrected chi connectivity index (χ2v) is 2.19. The van der Waals surface area contributed by atoms with Crippen molar-refractivity contribution in [1.82, 2.24) is 0 Å². The summed E-state index contributed by atoms with van der Waals surface area (Å²) in [4.78, 5) is 0. The summed E-state index contributed by atoms with van der Waals surface area (Å²) >= 11 is 0. The first-order valence-corrected chi connectivity index (χ1v) is 3.18. The third-order valence-electron chi connectivity index (χ3n) is 1.46. The van der Waals surface area contributed by atoms with Gasteiger partial charge in [-0.25, -0.2) is 13.2 Å². The van der Waals surface area contributed by atoms with Crippen LogP contribution in [0.3, 0.4) is 0 Å². The molecule has 0 atom stereocenters. The lowest BCUT2D eigenvalue weighted by Gasteiger charge is -2.07. The Morgan fingerprint density at radius 1 is 1.25 bits per heavy atom. The number of hydrogen-bond acceptors (Lipinski definition) is 2. The minimum atomic E-state index is -1.26. The lowest BCUT2D eigenvalue weighted by atomic mass is 10.2. The Balaban J connectivity index is 3.42. The maximum absolute atomic E-state index is 12.8. The maximum Gasteiger partial charge on any atom is 0.184 e. The van der Waals surface area contributed by atoms with Crippen molar-refractivity contribution in [2.45, 2.75) is 0 Å². The molecule has 1 aromatic rings. The molecule has 66 valence electrons. The number of benzene rings is 1. The van der Waals surface area contributed by atoms with Crippen LogP contribution in [0, 0.1) is 17.5 Å². The van der Waals surface area contributed by atoms with E-state index in [9.17, 15) is 13.2 Å². The molecule has 12 heavy (non-hydrogen) atoms. The number of hydrogen-bond donors (Lipinski definition) is 2. The Hall–Kier alpha value is -1.39. The summed E-state index contributed by atoms with van der Waals surface area (Å²) in [6, 6.07) is 0.408. The predicted octanol–water partition coefficient (Wildman–Crippen LogP) is 1.73. The Morgan fingerprint density at radius 3 is 2.33 bits per heavy atom. The van der Waals surface area contributed by atoms with Gasteiger partial charge in [-0.3, -0.25) is 0 Å². The fourth-order valence-corrected chi connectivity index (χ4v) is 0.854. The summed E-state index contributed by atoms with van der Waals surface area (Å²) in [5, 5.41) is 2.27. The molecule has 0 saturated heterocycles. The van der Waals surface area contributed by atoms with Gasteiger partial charge in [0.05, 0.1) is 11.4 Å². The monoisotopic (exact) mass is 176 g/mol. The summed E-state index contributed by atoms with van der Waals surface area (Å²) in [7, 11) is 1.33. The third-order valence-corrected chi connectivity index (χ3v) is 1.46. The molecular weight excluding hydrogens is 169 g/mol. The number of anilines is 2. The van der Waals surface area contributed by atoms with Crippen molar-refractivity contribution in [3.05, 3.63) is 23.5 Å². The number of rotatable bonds is 1. The molecule has 1 rings (SSSR count). The summed E-state index contributed by atoms with van der Waals surface area (Å²) in [6.07, 6.45) is 0. The van der Waals surface area contributed by atoms with Gasteiger partial charge in [0.2, 0.25) is 0 Å². The Bertz CT molecular complexity index is 286. The van der Waals surface area contributed by atoms with Crippen LogP contribution >= 0.6 is 0 Å². The maximum atomic E-state index is 12.8. The first-order valence-electron chi connectivity index (χ1n) is 3.18. The standard InChI is InChI=1S/C7H7F3N2/c1-12-7-5(10)3(8)2-4(9)6(7)11/h2,12H,11H2,1H3. The van der Waals surface area contributed by atoms with Gasteiger partial charge in [-0.1, -0.05) is 0 Å². The molecule has 0 fully saturated rings. The van der Waals surface area contributed by atoms with Crippen molar-refractivity contribution < 1.29 is 13.2 Å². The predicted molar refractivity (Wildman–Crippen MR) is 40.3 cm³/mol. The van der Waals surface area contributed by atoms with Crippen molar-refractivity contribution in [1.29, 1.82) is 0 Å². The first-order chi connectivity index (χ1) is 5.57. The van der Waals surface area contributed by atoms with E-state index in [1.807, 2.05) is 0 Å². The summed E-state index contributed by atoms with van der Waals surface area (Å²) < 4.78 is 37.9. The van der Waals surface area contributed by atoms with Gasteiger partial charge in [-0.05, 0) is 0 Å². The summed E-state index contributed by atoms with van der Waals surface area (Å²) in [6.45, 7) is 0. The van der Waals surface area contributed by atoms with Crippen LogP contribution < -0.4 is 11.1 Å². The second-order valence-electron chi connectivity index (χ2n) is 2.19. The molecule has 0 unspecified atom stereocenters. The van der Waals surface area contributed by atoms with Crippen LogP contribution in [0.15, 0.2) is 6.07 Å². The van der Waals surface area contributed by atoms with E-state index < -0.39 is 23.1 Å². The molecule has 0 amide bonds. The van der Waals surface area contributed by atoms with Crippen LogP contribution in [0.5, 0.6) is 0 Å². The van der Waals surface area contributed by atoms with Crippen LogP contribution in [0.25, 0.3) is 0 Å². The second kappa shape index (κ2) is 2.92. The molecule has 0 heterocycles. The molecule has 0 radical (unpaired) electrons.